The van der Waals surface area contributed by atoms with Crippen LogP contribution < -0.4 is 20.1 Å². The number of fused-ring (bicyclic) bond motifs is 1. The molecule has 1 aliphatic rings. The minimum absolute atomic E-state index is 0.187. The maximum absolute atomic E-state index is 12.5. The summed E-state index contributed by atoms with van der Waals surface area (Å²) >= 11 is 3.43. The first-order valence-corrected chi connectivity index (χ1v) is 8.67. The summed E-state index contributed by atoms with van der Waals surface area (Å²) in [7, 11) is 0. The van der Waals surface area contributed by atoms with Crippen LogP contribution in [0, 0.1) is 0 Å². The van der Waals surface area contributed by atoms with E-state index in [2.05, 4.69) is 33.5 Å². The van der Waals surface area contributed by atoms with E-state index in [0.29, 0.717) is 34.7 Å². The van der Waals surface area contributed by atoms with Crippen LogP contribution in [0.2, 0.25) is 0 Å². The first-order valence-electron chi connectivity index (χ1n) is 7.87. The average molecular weight is 391 g/mol. The summed E-state index contributed by atoms with van der Waals surface area (Å²) < 4.78 is 11.8. The molecular formula is C18H19BrN2O3. The highest BCUT2D eigenvalue weighted by atomic mass is 79.9. The van der Waals surface area contributed by atoms with Crippen molar-refractivity contribution in [3.05, 3.63) is 52.0 Å². The first kappa shape index (κ1) is 16.8. The van der Waals surface area contributed by atoms with Crippen molar-refractivity contribution >= 4 is 27.5 Å². The Morgan fingerprint density at radius 3 is 2.88 bits per heavy atom. The summed E-state index contributed by atoms with van der Waals surface area (Å²) in [6, 6.07) is 11.2. The number of carbonyl (C=O) groups is 1. The maximum atomic E-state index is 12.5. The van der Waals surface area contributed by atoms with Gasteiger partial charge in [-0.2, -0.15) is 0 Å². The van der Waals surface area contributed by atoms with Crippen LogP contribution in [-0.2, 0) is 6.54 Å². The van der Waals surface area contributed by atoms with Crippen LogP contribution in [-0.4, -0.2) is 25.7 Å². The van der Waals surface area contributed by atoms with Gasteiger partial charge in [0.1, 0.15) is 13.2 Å². The van der Waals surface area contributed by atoms with Crippen molar-refractivity contribution in [1.82, 2.24) is 5.32 Å². The molecule has 24 heavy (non-hydrogen) atoms. The van der Waals surface area contributed by atoms with Gasteiger partial charge in [0.15, 0.2) is 11.5 Å². The molecule has 1 amide bonds. The lowest BCUT2D eigenvalue weighted by Crippen LogP contribution is -2.18. The molecule has 0 aromatic heterocycles. The van der Waals surface area contributed by atoms with Gasteiger partial charge in [0.2, 0.25) is 0 Å². The van der Waals surface area contributed by atoms with Crippen LogP contribution in [0.4, 0.5) is 5.69 Å². The topological polar surface area (TPSA) is 59.6 Å². The van der Waals surface area contributed by atoms with Crippen LogP contribution in [0.25, 0.3) is 0 Å². The van der Waals surface area contributed by atoms with E-state index in [1.165, 1.54) is 0 Å². The second-order valence-corrected chi connectivity index (χ2v) is 6.27. The number of halogens is 1. The van der Waals surface area contributed by atoms with Crippen LogP contribution in [0.15, 0.2) is 40.9 Å². The molecule has 2 aromatic carbocycles. The Morgan fingerprint density at radius 2 is 2.04 bits per heavy atom. The van der Waals surface area contributed by atoms with E-state index >= 15 is 0 Å². The Kier molecular flexibility index (Phi) is 5.37. The molecule has 2 aromatic rings. The molecule has 0 saturated heterocycles. The Hall–Kier alpha value is -2.05. The number of carbonyl (C=O) groups excluding carboxylic acids is 1. The maximum Gasteiger partial charge on any atom is 0.255 e. The highest BCUT2D eigenvalue weighted by Gasteiger charge is 2.19. The molecule has 1 aliphatic heterocycles. The van der Waals surface area contributed by atoms with Gasteiger partial charge < -0.3 is 20.1 Å². The number of hydrogen-bond acceptors (Lipinski definition) is 4. The molecule has 0 unspecified atom stereocenters. The molecule has 0 atom stereocenters. The highest BCUT2D eigenvalue weighted by molar-refractivity contribution is 9.10. The van der Waals surface area contributed by atoms with E-state index < -0.39 is 0 Å². The Balaban J connectivity index is 1.76. The SMILES string of the molecule is CCNCc1cccc(NC(=O)c2cc(Br)c3c(c2)OCCO3)c1. The van der Waals surface area contributed by atoms with Crippen LogP contribution >= 0.6 is 15.9 Å². The van der Waals surface area contributed by atoms with E-state index in [4.69, 9.17) is 9.47 Å². The summed E-state index contributed by atoms with van der Waals surface area (Å²) in [5.74, 6) is 1.04. The van der Waals surface area contributed by atoms with Gasteiger partial charge in [-0.25, -0.2) is 0 Å². The summed E-state index contributed by atoms with van der Waals surface area (Å²) in [4.78, 5) is 12.5. The number of rotatable bonds is 5. The summed E-state index contributed by atoms with van der Waals surface area (Å²) in [5.41, 5.74) is 2.41. The van der Waals surface area contributed by atoms with Gasteiger partial charge in [-0.05, 0) is 52.3 Å². The lowest BCUT2D eigenvalue weighted by atomic mass is 10.1. The molecule has 0 radical (unpaired) electrons. The highest BCUT2D eigenvalue weighted by Crippen LogP contribution is 2.38. The molecule has 5 nitrogen and oxygen atoms in total. The first-order chi connectivity index (χ1) is 11.7. The second-order valence-electron chi connectivity index (χ2n) is 5.42. The molecule has 1 heterocycles. The fraction of sp³-hybridized carbons (Fsp3) is 0.278. The zero-order chi connectivity index (χ0) is 16.9. The number of ether oxygens (including phenoxy) is 2. The number of benzene rings is 2. The fourth-order valence-electron chi connectivity index (χ4n) is 2.47. The zero-order valence-electron chi connectivity index (χ0n) is 13.4. The van der Waals surface area contributed by atoms with Gasteiger partial charge in [-0.3, -0.25) is 4.79 Å². The van der Waals surface area contributed by atoms with Gasteiger partial charge in [0.25, 0.3) is 5.91 Å². The molecule has 0 spiro atoms. The van der Waals surface area contributed by atoms with E-state index in [0.717, 1.165) is 24.3 Å². The average Bonchev–Trinajstić information content (AvgIpc) is 2.60. The third-order valence-electron chi connectivity index (χ3n) is 3.62. The lowest BCUT2D eigenvalue weighted by Gasteiger charge is -2.20. The van der Waals surface area contributed by atoms with Crippen LogP contribution in [0.3, 0.4) is 0 Å². The van der Waals surface area contributed by atoms with Crippen molar-refractivity contribution in [3.8, 4) is 11.5 Å². The molecule has 2 N–H and O–H groups in total. The molecule has 6 heteroatoms. The molecular weight excluding hydrogens is 372 g/mol. The van der Waals surface area contributed by atoms with Gasteiger partial charge >= 0.3 is 0 Å². The number of nitrogens with one attached hydrogen (secondary N) is 2. The van der Waals surface area contributed by atoms with E-state index in [9.17, 15) is 4.79 Å². The van der Waals surface area contributed by atoms with Crippen LogP contribution in [0.5, 0.6) is 11.5 Å². The van der Waals surface area contributed by atoms with Crippen molar-refractivity contribution in [1.29, 1.82) is 0 Å². The number of anilines is 1. The smallest absolute Gasteiger partial charge is 0.255 e. The monoisotopic (exact) mass is 390 g/mol. The Morgan fingerprint density at radius 1 is 1.21 bits per heavy atom. The normalized spacial score (nSPS) is 12.8. The van der Waals surface area contributed by atoms with Crippen molar-refractivity contribution in [2.45, 2.75) is 13.5 Å². The van der Waals surface area contributed by atoms with Gasteiger partial charge in [-0.1, -0.05) is 19.1 Å². The standard InChI is InChI=1S/C18H19BrN2O3/c1-2-20-11-12-4-3-5-14(8-12)21-18(22)13-9-15(19)17-16(10-13)23-6-7-24-17/h3-5,8-10,20H,2,6-7,11H2,1H3,(H,21,22). The molecule has 0 bridgehead atoms. The Bertz CT molecular complexity index is 749. The van der Waals surface area contributed by atoms with Crippen molar-refractivity contribution in [2.75, 3.05) is 25.1 Å². The largest absolute Gasteiger partial charge is 0.486 e. The molecule has 126 valence electrons. The minimum atomic E-state index is -0.187. The predicted octanol–water partition coefficient (Wildman–Crippen LogP) is 3.58. The summed E-state index contributed by atoms with van der Waals surface area (Å²) in [6.07, 6.45) is 0. The zero-order valence-corrected chi connectivity index (χ0v) is 15.0. The minimum Gasteiger partial charge on any atom is -0.486 e. The number of amides is 1. The fourth-order valence-corrected chi connectivity index (χ4v) is 3.03. The van der Waals surface area contributed by atoms with Crippen molar-refractivity contribution in [3.63, 3.8) is 0 Å². The summed E-state index contributed by atoms with van der Waals surface area (Å²) in [6.45, 7) is 4.73. The van der Waals surface area contributed by atoms with E-state index in [-0.39, 0.29) is 5.91 Å². The molecule has 0 saturated carbocycles. The van der Waals surface area contributed by atoms with Gasteiger partial charge in [-0.15, -0.1) is 0 Å². The molecule has 3 rings (SSSR count). The van der Waals surface area contributed by atoms with E-state index in [1.807, 2.05) is 24.3 Å². The number of hydrogen-bond donors (Lipinski definition) is 2. The molecule has 0 aliphatic carbocycles. The van der Waals surface area contributed by atoms with Crippen molar-refractivity contribution in [2.24, 2.45) is 0 Å². The van der Waals surface area contributed by atoms with Crippen LogP contribution in [0.1, 0.15) is 22.8 Å². The quantitative estimate of drug-likeness (QED) is 0.818. The lowest BCUT2D eigenvalue weighted by molar-refractivity contribution is 0.102. The summed E-state index contributed by atoms with van der Waals surface area (Å²) in [5, 5.41) is 6.19. The molecule has 0 fully saturated rings. The van der Waals surface area contributed by atoms with Crippen molar-refractivity contribution < 1.29 is 14.3 Å². The third-order valence-corrected chi connectivity index (χ3v) is 4.21. The van der Waals surface area contributed by atoms with E-state index in [1.54, 1.807) is 12.1 Å². The van der Waals surface area contributed by atoms with Gasteiger partial charge in [0, 0.05) is 17.8 Å². The predicted molar refractivity (Wildman–Crippen MR) is 96.9 cm³/mol. The van der Waals surface area contributed by atoms with Gasteiger partial charge in [0.05, 0.1) is 4.47 Å². The Labute approximate surface area is 149 Å². The second kappa shape index (κ2) is 7.68. The third kappa shape index (κ3) is 3.88.